The molecule has 0 saturated carbocycles. The van der Waals surface area contributed by atoms with E-state index in [9.17, 15) is 0 Å². The Labute approximate surface area is 149 Å². The molecule has 0 atom stereocenters. The first-order valence-electron chi connectivity index (χ1n) is 6.64. The van der Waals surface area contributed by atoms with Gasteiger partial charge in [0.2, 0.25) is 0 Å². The van der Waals surface area contributed by atoms with Gasteiger partial charge in [0.05, 0.1) is 0 Å². The van der Waals surface area contributed by atoms with Gasteiger partial charge in [-0.2, -0.15) is 0 Å². The first-order chi connectivity index (χ1) is 10.9. The van der Waals surface area contributed by atoms with E-state index in [1.165, 1.54) is 15.9 Å². The molecule has 0 bridgehead atoms. The molecule has 0 aliphatic rings. The Morgan fingerprint density at radius 2 is 0.727 bits per heavy atom. The van der Waals surface area contributed by atoms with Gasteiger partial charge in [-0.3, -0.25) is 0 Å². The van der Waals surface area contributed by atoms with Crippen LogP contribution in [0.15, 0.2) is 91.0 Å². The zero-order valence-corrected chi connectivity index (χ0v) is 15.6. The fourth-order valence-electron chi connectivity index (χ4n) is 2.18. The van der Waals surface area contributed by atoms with E-state index in [0.717, 1.165) is 0 Å². The Bertz CT molecular complexity index is 554. The minimum atomic E-state index is -0.446. The zero-order valence-electron chi connectivity index (χ0n) is 11.7. The molecule has 0 aliphatic heterocycles. The standard InChI is InChI=1S/C18H15P.2ClH.Pd/c1-4-10-16(11-5-1)19(17-12-6-2-7-13-17)18-14-8-3-9-15-18;;;/h1-15H;2*1H;/q;;;+2/p-2. The van der Waals surface area contributed by atoms with E-state index in [1.807, 2.05) is 0 Å². The molecule has 0 unspecified atom stereocenters. The molecule has 0 fully saturated rings. The van der Waals surface area contributed by atoms with E-state index in [2.05, 4.69) is 91.0 Å². The molecule has 0 spiro atoms. The summed E-state index contributed by atoms with van der Waals surface area (Å²) in [5.74, 6) is 0. The Morgan fingerprint density at radius 3 is 0.955 bits per heavy atom. The van der Waals surface area contributed by atoms with E-state index >= 15 is 0 Å². The largest absolute Gasteiger partial charge is 0.0622 e. The number of benzene rings is 3. The summed E-state index contributed by atoms with van der Waals surface area (Å²) in [6, 6.07) is 32.3. The van der Waals surface area contributed by atoms with Crippen LogP contribution in [0.2, 0.25) is 0 Å². The maximum absolute atomic E-state index is 4.81. The van der Waals surface area contributed by atoms with E-state index in [0.29, 0.717) is 0 Å². The Kier molecular flexibility index (Phi) is 8.18. The molecule has 0 aromatic heterocycles. The molecule has 3 aromatic carbocycles. The van der Waals surface area contributed by atoms with Gasteiger partial charge in [-0.15, -0.1) is 0 Å². The van der Waals surface area contributed by atoms with Crippen LogP contribution in [0.4, 0.5) is 0 Å². The summed E-state index contributed by atoms with van der Waals surface area (Å²) in [7, 11) is 9.18. The van der Waals surface area contributed by atoms with Crippen molar-refractivity contribution in [1.82, 2.24) is 0 Å². The average Bonchev–Trinajstić information content (AvgIpc) is 2.59. The second-order valence-electron chi connectivity index (χ2n) is 4.39. The summed E-state index contributed by atoms with van der Waals surface area (Å²) in [6.07, 6.45) is 0. The second kappa shape index (κ2) is 10.2. The van der Waals surface area contributed by atoms with Crippen molar-refractivity contribution in [2.24, 2.45) is 0 Å². The van der Waals surface area contributed by atoms with Gasteiger partial charge in [-0.1, -0.05) is 91.0 Å². The maximum atomic E-state index is 4.81. The Hall–Kier alpha value is -0.668. The average molecular weight is 440 g/mol. The summed E-state index contributed by atoms with van der Waals surface area (Å²) in [5, 5.41) is 4.19. The van der Waals surface area contributed by atoms with Crippen molar-refractivity contribution in [2.45, 2.75) is 0 Å². The molecule has 0 aliphatic carbocycles. The number of halogens is 2. The molecule has 116 valence electrons. The van der Waals surface area contributed by atoms with Crippen LogP contribution in [-0.4, -0.2) is 0 Å². The van der Waals surface area contributed by atoms with Crippen LogP contribution < -0.4 is 15.9 Å². The van der Waals surface area contributed by atoms with Crippen LogP contribution in [0.5, 0.6) is 0 Å². The molecule has 0 radical (unpaired) electrons. The third kappa shape index (κ3) is 5.20. The second-order valence-corrected chi connectivity index (χ2v) is 8.97. The molecule has 0 nitrogen and oxygen atoms in total. The maximum Gasteiger partial charge on any atom is -0.0134 e. The smallest absolute Gasteiger partial charge is 0.0134 e. The first-order valence-corrected chi connectivity index (χ1v) is 12.0. The van der Waals surface area contributed by atoms with Gasteiger partial charge in [0.25, 0.3) is 0 Å². The molecule has 3 rings (SSSR count). The van der Waals surface area contributed by atoms with Crippen molar-refractivity contribution in [3.05, 3.63) is 91.0 Å². The molecular formula is C18H15Cl2PPd. The summed E-state index contributed by atoms with van der Waals surface area (Å²) in [6.45, 7) is 0. The topological polar surface area (TPSA) is 0 Å². The summed E-state index contributed by atoms with van der Waals surface area (Å²) in [5.41, 5.74) is 0. The van der Waals surface area contributed by atoms with Gasteiger partial charge in [-0.25, -0.2) is 0 Å². The van der Waals surface area contributed by atoms with Crippen LogP contribution in [0.3, 0.4) is 0 Å². The summed E-state index contributed by atoms with van der Waals surface area (Å²) in [4.78, 5) is 0. The van der Waals surface area contributed by atoms with E-state index in [1.54, 1.807) is 0 Å². The third-order valence-corrected chi connectivity index (χ3v) is 5.49. The van der Waals surface area contributed by atoms with Crippen molar-refractivity contribution in [3.63, 3.8) is 0 Å². The van der Waals surface area contributed by atoms with Gasteiger partial charge < -0.3 is 0 Å². The quantitative estimate of drug-likeness (QED) is 0.405. The Balaban J connectivity index is 0.000000545. The minimum absolute atomic E-state index is 0.106. The number of hydrogen-bond acceptors (Lipinski definition) is 0. The van der Waals surface area contributed by atoms with Crippen LogP contribution in [0.1, 0.15) is 0 Å². The van der Waals surface area contributed by atoms with Gasteiger partial charge >= 0.3 is 35.0 Å². The van der Waals surface area contributed by atoms with Crippen molar-refractivity contribution < 1.29 is 15.9 Å². The van der Waals surface area contributed by atoms with Gasteiger partial charge in [-0.05, 0) is 23.8 Å². The monoisotopic (exact) mass is 438 g/mol. The summed E-state index contributed by atoms with van der Waals surface area (Å²) < 4.78 is 0. The van der Waals surface area contributed by atoms with E-state index in [4.69, 9.17) is 19.1 Å². The van der Waals surface area contributed by atoms with Crippen LogP contribution in [0.25, 0.3) is 0 Å². The number of rotatable bonds is 3. The first kappa shape index (κ1) is 17.7. The van der Waals surface area contributed by atoms with Crippen molar-refractivity contribution in [3.8, 4) is 0 Å². The Morgan fingerprint density at radius 1 is 0.500 bits per heavy atom. The van der Waals surface area contributed by atoms with Crippen LogP contribution in [0, 0.1) is 0 Å². The van der Waals surface area contributed by atoms with Crippen LogP contribution >= 0.6 is 27.0 Å². The minimum Gasteiger partial charge on any atom is -0.0622 e. The fraction of sp³-hybridized carbons (Fsp3) is 0. The predicted molar refractivity (Wildman–Crippen MR) is 96.9 cm³/mol. The molecule has 0 saturated heterocycles. The van der Waals surface area contributed by atoms with Crippen LogP contribution in [-0.2, 0) is 15.9 Å². The summed E-state index contributed by atoms with van der Waals surface area (Å²) >= 11 is -0.106. The van der Waals surface area contributed by atoms with Crippen molar-refractivity contribution >= 4 is 42.9 Å². The van der Waals surface area contributed by atoms with E-state index in [-0.39, 0.29) is 15.9 Å². The van der Waals surface area contributed by atoms with Gasteiger partial charge in [0, 0.05) is 0 Å². The molecule has 0 amide bonds. The normalized spacial score (nSPS) is 10.1. The molecule has 4 heteroatoms. The molecule has 22 heavy (non-hydrogen) atoms. The van der Waals surface area contributed by atoms with Gasteiger partial charge in [0.1, 0.15) is 0 Å². The molecule has 3 aromatic rings. The predicted octanol–water partition coefficient (Wildman–Crippen LogP) is 4.82. The van der Waals surface area contributed by atoms with E-state index < -0.39 is 7.92 Å². The zero-order chi connectivity index (χ0) is 15.6. The molecule has 0 N–H and O–H groups in total. The third-order valence-electron chi connectivity index (χ3n) is 3.04. The number of hydrogen-bond donors (Lipinski definition) is 0. The molecular weight excluding hydrogens is 424 g/mol. The molecule has 0 heterocycles. The SMILES string of the molecule is [Cl][Pd][Cl].c1ccc(P(c2ccccc2)c2ccccc2)cc1. The van der Waals surface area contributed by atoms with Crippen molar-refractivity contribution in [1.29, 1.82) is 0 Å². The van der Waals surface area contributed by atoms with Crippen molar-refractivity contribution in [2.75, 3.05) is 0 Å². The fourth-order valence-corrected chi connectivity index (χ4v) is 4.48. The van der Waals surface area contributed by atoms with Gasteiger partial charge in [0.15, 0.2) is 0 Å².